The van der Waals surface area contributed by atoms with Gasteiger partial charge in [-0.1, -0.05) is 416 Å². The van der Waals surface area contributed by atoms with E-state index in [4.69, 9.17) is 4.74 Å². The fraction of sp³-hybridized carbons (Fsp3) is 0.907. The van der Waals surface area contributed by atoms with Gasteiger partial charge in [0.15, 0.2) is 0 Å². The highest BCUT2D eigenvalue weighted by molar-refractivity contribution is 5.76. The highest BCUT2D eigenvalue weighted by Crippen LogP contribution is 2.20. The first-order valence-electron chi connectivity index (χ1n) is 42.2. The largest absolute Gasteiger partial charge is 0.466 e. The van der Waals surface area contributed by atoms with Gasteiger partial charge in [-0.05, 0) is 83.5 Å². The summed E-state index contributed by atoms with van der Waals surface area (Å²) in [6.07, 6.45) is 107. The van der Waals surface area contributed by atoms with Crippen molar-refractivity contribution < 1.29 is 24.5 Å². The van der Waals surface area contributed by atoms with Crippen LogP contribution in [-0.4, -0.2) is 47.4 Å². The molecule has 0 saturated carbocycles. The number of allylic oxidation sites excluding steroid dienone is 6. The fourth-order valence-electron chi connectivity index (χ4n) is 13.5. The van der Waals surface area contributed by atoms with E-state index < -0.39 is 12.1 Å². The number of nitrogens with one attached hydrogen (secondary N) is 1. The second kappa shape index (κ2) is 81.5. The predicted molar refractivity (Wildman–Crippen MR) is 407 cm³/mol. The summed E-state index contributed by atoms with van der Waals surface area (Å²) < 4.78 is 5.49. The molecule has 6 heteroatoms. The van der Waals surface area contributed by atoms with E-state index in [0.29, 0.717) is 25.9 Å². The number of amides is 1. The van der Waals surface area contributed by atoms with Crippen molar-refractivity contribution >= 4 is 11.9 Å². The lowest BCUT2D eigenvalue weighted by Gasteiger charge is -2.22. The van der Waals surface area contributed by atoms with Crippen molar-refractivity contribution in [1.82, 2.24) is 5.32 Å². The number of rotatable bonds is 80. The van der Waals surface area contributed by atoms with Crippen molar-refractivity contribution in [2.75, 3.05) is 13.2 Å². The smallest absolute Gasteiger partial charge is 0.305 e. The summed E-state index contributed by atoms with van der Waals surface area (Å²) in [5, 5.41) is 23.5. The Hall–Kier alpha value is -1.92. The summed E-state index contributed by atoms with van der Waals surface area (Å²) in [6.45, 7) is 4.97. The molecule has 544 valence electrons. The number of aliphatic hydroxyl groups is 2. The molecule has 0 aliphatic carbocycles. The molecule has 0 bridgehead atoms. The third kappa shape index (κ3) is 77.1. The minimum atomic E-state index is -0.664. The Morgan fingerprint density at radius 3 is 0.859 bits per heavy atom. The van der Waals surface area contributed by atoms with Gasteiger partial charge in [0, 0.05) is 12.8 Å². The van der Waals surface area contributed by atoms with Gasteiger partial charge in [-0.25, -0.2) is 0 Å². The normalized spacial score (nSPS) is 12.6. The quantitative estimate of drug-likeness (QED) is 0.0320. The molecule has 0 aromatic rings. The van der Waals surface area contributed by atoms with E-state index >= 15 is 0 Å². The first-order valence-corrected chi connectivity index (χ1v) is 42.2. The SMILES string of the molecule is CCCCC/C=C\C/C=C\CCCCCCCC(=O)OCCCCCCCCCCCCCCCC/C=C\CCCCCCCCCCCCCCCCCCCC(=O)NC(CO)C(O)CCCCCCCCCCCCCCCCCCCCCCCCCCC. The van der Waals surface area contributed by atoms with E-state index in [9.17, 15) is 19.8 Å². The summed E-state index contributed by atoms with van der Waals surface area (Å²) in [5.74, 6) is -0.0184. The first kappa shape index (κ1) is 90.1. The highest BCUT2D eigenvalue weighted by Gasteiger charge is 2.20. The van der Waals surface area contributed by atoms with Crippen LogP contribution in [0.5, 0.6) is 0 Å². The molecule has 0 aliphatic rings. The second-order valence-corrected chi connectivity index (χ2v) is 29.2. The Kier molecular flexibility index (Phi) is 79.8. The Labute approximate surface area is 576 Å². The van der Waals surface area contributed by atoms with Crippen molar-refractivity contribution in [2.24, 2.45) is 0 Å². The average Bonchev–Trinajstić information content (AvgIpc) is 3.57. The number of carbonyl (C=O) groups excluding carboxylic acids is 2. The summed E-state index contributed by atoms with van der Waals surface area (Å²) in [7, 11) is 0. The fourth-order valence-corrected chi connectivity index (χ4v) is 13.5. The van der Waals surface area contributed by atoms with E-state index in [-0.39, 0.29) is 18.5 Å². The Bertz CT molecular complexity index is 1490. The maximum atomic E-state index is 12.6. The summed E-state index contributed by atoms with van der Waals surface area (Å²) >= 11 is 0. The second-order valence-electron chi connectivity index (χ2n) is 29.2. The third-order valence-corrected chi connectivity index (χ3v) is 19.9. The van der Waals surface area contributed by atoms with Gasteiger partial charge in [-0.15, -0.1) is 0 Å². The first-order chi connectivity index (χ1) is 45.5. The van der Waals surface area contributed by atoms with Gasteiger partial charge < -0.3 is 20.3 Å². The summed E-state index contributed by atoms with van der Waals surface area (Å²) in [5.41, 5.74) is 0. The molecular weight excluding hydrogens is 1130 g/mol. The zero-order valence-electron chi connectivity index (χ0n) is 62.6. The molecular formula is C86H165NO5. The van der Waals surface area contributed by atoms with Crippen LogP contribution in [0.2, 0.25) is 0 Å². The van der Waals surface area contributed by atoms with Crippen molar-refractivity contribution in [3.8, 4) is 0 Å². The number of hydrogen-bond donors (Lipinski definition) is 3. The number of hydrogen-bond acceptors (Lipinski definition) is 5. The van der Waals surface area contributed by atoms with Gasteiger partial charge in [0.1, 0.15) is 0 Å². The lowest BCUT2D eigenvalue weighted by molar-refractivity contribution is -0.143. The van der Waals surface area contributed by atoms with E-state index in [1.165, 1.54) is 392 Å². The molecule has 2 unspecified atom stereocenters. The van der Waals surface area contributed by atoms with Crippen LogP contribution in [0, 0.1) is 0 Å². The molecule has 2 atom stereocenters. The van der Waals surface area contributed by atoms with E-state index in [1.807, 2.05) is 0 Å². The highest BCUT2D eigenvalue weighted by atomic mass is 16.5. The standard InChI is InChI=1S/C86H165NO5/c1-3-5-7-9-11-13-15-17-19-20-21-22-23-35-38-41-44-47-51-54-58-62-66-70-74-78-84(89)83(82-88)87-85(90)79-75-71-67-63-59-55-52-48-45-42-39-36-33-31-29-27-25-24-26-28-30-32-34-37-40-43-46-49-53-57-61-65-69-73-77-81-92-86(91)80-76-72-68-64-60-56-50-18-16-14-12-10-8-6-4-2/h12,14,18,26,28,50,83-84,88-89H,3-11,13,15-17,19-25,27,29-49,51-82H2,1-2H3,(H,87,90)/b14-12-,28-26-,50-18-. The Balaban J connectivity index is 3.35. The van der Waals surface area contributed by atoms with Crippen molar-refractivity contribution in [1.29, 1.82) is 0 Å². The van der Waals surface area contributed by atoms with E-state index in [2.05, 4.69) is 55.6 Å². The Morgan fingerprint density at radius 1 is 0.304 bits per heavy atom. The zero-order valence-corrected chi connectivity index (χ0v) is 62.6. The lowest BCUT2D eigenvalue weighted by Crippen LogP contribution is -2.45. The maximum absolute atomic E-state index is 12.6. The topological polar surface area (TPSA) is 95.9 Å². The van der Waals surface area contributed by atoms with Crippen molar-refractivity contribution in [2.45, 2.75) is 488 Å². The zero-order chi connectivity index (χ0) is 66.3. The van der Waals surface area contributed by atoms with Gasteiger partial charge in [-0.2, -0.15) is 0 Å². The number of unbranched alkanes of at least 4 members (excludes halogenated alkanes) is 63. The molecule has 0 aliphatic heterocycles. The number of carbonyl (C=O) groups is 2. The van der Waals surface area contributed by atoms with Crippen LogP contribution >= 0.6 is 0 Å². The molecule has 0 saturated heterocycles. The predicted octanol–water partition coefficient (Wildman–Crippen LogP) is 28.2. The van der Waals surface area contributed by atoms with Gasteiger partial charge in [-0.3, -0.25) is 9.59 Å². The van der Waals surface area contributed by atoms with Crippen LogP contribution in [0.3, 0.4) is 0 Å². The number of aliphatic hydroxyl groups excluding tert-OH is 2. The molecule has 92 heavy (non-hydrogen) atoms. The molecule has 0 heterocycles. The molecule has 0 spiro atoms. The summed E-state index contributed by atoms with van der Waals surface area (Å²) in [6, 6.07) is -0.541. The lowest BCUT2D eigenvalue weighted by atomic mass is 10.0. The van der Waals surface area contributed by atoms with Crippen LogP contribution in [0.25, 0.3) is 0 Å². The molecule has 3 N–H and O–H groups in total. The summed E-state index contributed by atoms with van der Waals surface area (Å²) in [4.78, 5) is 24.7. The van der Waals surface area contributed by atoms with Gasteiger partial charge in [0.05, 0.1) is 25.4 Å². The van der Waals surface area contributed by atoms with Crippen LogP contribution in [0.1, 0.15) is 476 Å². The van der Waals surface area contributed by atoms with E-state index in [0.717, 1.165) is 51.4 Å². The molecule has 6 nitrogen and oxygen atoms in total. The van der Waals surface area contributed by atoms with Crippen LogP contribution < -0.4 is 5.32 Å². The van der Waals surface area contributed by atoms with Gasteiger partial charge in [0.2, 0.25) is 5.91 Å². The van der Waals surface area contributed by atoms with Crippen molar-refractivity contribution in [3.05, 3.63) is 36.5 Å². The molecule has 0 fully saturated rings. The Morgan fingerprint density at radius 2 is 0.543 bits per heavy atom. The van der Waals surface area contributed by atoms with Gasteiger partial charge >= 0.3 is 5.97 Å². The monoisotopic (exact) mass is 1290 g/mol. The minimum absolute atomic E-state index is 0.00698. The van der Waals surface area contributed by atoms with Crippen LogP contribution in [0.15, 0.2) is 36.5 Å². The number of esters is 1. The van der Waals surface area contributed by atoms with Crippen molar-refractivity contribution in [3.63, 3.8) is 0 Å². The molecule has 0 radical (unpaired) electrons. The van der Waals surface area contributed by atoms with Crippen LogP contribution in [-0.2, 0) is 14.3 Å². The molecule has 1 amide bonds. The average molecular weight is 1290 g/mol. The molecule has 0 rings (SSSR count). The molecule has 0 aromatic heterocycles. The van der Waals surface area contributed by atoms with Crippen LogP contribution in [0.4, 0.5) is 0 Å². The third-order valence-electron chi connectivity index (χ3n) is 19.9. The van der Waals surface area contributed by atoms with E-state index in [1.54, 1.807) is 0 Å². The molecule has 0 aromatic carbocycles. The van der Waals surface area contributed by atoms with Gasteiger partial charge in [0.25, 0.3) is 0 Å². The minimum Gasteiger partial charge on any atom is -0.466 e. The maximum Gasteiger partial charge on any atom is 0.305 e. The number of ether oxygens (including phenoxy) is 1.